The number of carbonyl (C=O) groups is 1. The summed E-state index contributed by atoms with van der Waals surface area (Å²) in [6, 6.07) is 1.92. The van der Waals surface area contributed by atoms with Crippen LogP contribution in [0.15, 0.2) is 6.07 Å². The molecule has 1 aliphatic heterocycles. The zero-order chi connectivity index (χ0) is 15.0. The lowest BCUT2D eigenvalue weighted by molar-refractivity contribution is -0.127. The molecular formula is C14H19N5OS. The van der Waals surface area contributed by atoms with Crippen molar-refractivity contribution in [1.29, 1.82) is 0 Å². The van der Waals surface area contributed by atoms with Gasteiger partial charge in [0, 0.05) is 25.5 Å². The van der Waals surface area contributed by atoms with Crippen molar-refractivity contribution in [2.24, 2.45) is 0 Å². The highest BCUT2D eigenvalue weighted by Crippen LogP contribution is 2.31. The molecule has 2 N–H and O–H groups in total. The minimum atomic E-state index is -0.192. The van der Waals surface area contributed by atoms with Gasteiger partial charge in [-0.2, -0.15) is 4.98 Å². The smallest absolute Gasteiger partial charge is 0.244 e. The number of aryl methyl sites for hydroxylation is 1. The molecule has 0 aliphatic carbocycles. The van der Waals surface area contributed by atoms with Gasteiger partial charge in [0.05, 0.1) is 5.39 Å². The van der Waals surface area contributed by atoms with Gasteiger partial charge in [0.2, 0.25) is 11.9 Å². The van der Waals surface area contributed by atoms with Crippen molar-refractivity contribution in [1.82, 2.24) is 14.9 Å². The maximum Gasteiger partial charge on any atom is 0.244 e. The fourth-order valence-corrected chi connectivity index (χ4v) is 3.46. The molecule has 2 aromatic heterocycles. The summed E-state index contributed by atoms with van der Waals surface area (Å²) in [5.74, 6) is 1.45. The van der Waals surface area contributed by atoms with Gasteiger partial charge in [0.1, 0.15) is 16.7 Å². The molecule has 1 unspecified atom stereocenters. The number of likely N-dealkylation sites (tertiary alicyclic amines) is 1. The van der Waals surface area contributed by atoms with Crippen LogP contribution < -0.4 is 10.6 Å². The van der Waals surface area contributed by atoms with E-state index in [4.69, 9.17) is 0 Å². The molecule has 6 nitrogen and oxygen atoms in total. The number of hydrogen-bond acceptors (Lipinski definition) is 6. The van der Waals surface area contributed by atoms with E-state index >= 15 is 0 Å². The van der Waals surface area contributed by atoms with Gasteiger partial charge in [-0.05, 0) is 18.9 Å². The Morgan fingerprint density at radius 1 is 1.48 bits per heavy atom. The van der Waals surface area contributed by atoms with Gasteiger partial charge in [0.15, 0.2) is 0 Å². The van der Waals surface area contributed by atoms with E-state index in [0.717, 1.165) is 35.4 Å². The van der Waals surface area contributed by atoms with Crippen molar-refractivity contribution in [2.75, 3.05) is 31.3 Å². The van der Waals surface area contributed by atoms with Crippen LogP contribution in [0, 0.1) is 0 Å². The molecule has 0 bridgehead atoms. The molecule has 3 rings (SSSR count). The van der Waals surface area contributed by atoms with Crippen molar-refractivity contribution in [3.8, 4) is 0 Å². The van der Waals surface area contributed by atoms with E-state index in [1.807, 2.05) is 7.05 Å². The second kappa shape index (κ2) is 5.48. The zero-order valence-corrected chi connectivity index (χ0v) is 13.3. The molecular weight excluding hydrogens is 286 g/mol. The van der Waals surface area contributed by atoms with Crippen molar-refractivity contribution in [3.63, 3.8) is 0 Å². The Kier molecular flexibility index (Phi) is 3.67. The number of anilines is 2. The molecule has 3 heterocycles. The number of aromatic nitrogens is 2. The van der Waals surface area contributed by atoms with Crippen LogP contribution in [0.4, 0.5) is 11.8 Å². The fourth-order valence-electron chi connectivity index (χ4n) is 2.49. The second-order valence-electron chi connectivity index (χ2n) is 5.18. The number of likely N-dealkylation sites (N-methyl/N-ethyl adjacent to an activating group) is 1. The Balaban J connectivity index is 1.99. The summed E-state index contributed by atoms with van der Waals surface area (Å²) in [6.07, 6.45) is 1.78. The van der Waals surface area contributed by atoms with Crippen LogP contribution >= 0.6 is 11.3 Å². The Hall–Kier alpha value is -1.89. The number of rotatable bonds is 4. The molecule has 1 atom stereocenters. The van der Waals surface area contributed by atoms with E-state index in [9.17, 15) is 4.79 Å². The third-order valence-electron chi connectivity index (χ3n) is 3.75. The monoisotopic (exact) mass is 305 g/mol. The minimum absolute atomic E-state index is 0.124. The number of hydrogen-bond donors (Lipinski definition) is 2. The second-order valence-corrected chi connectivity index (χ2v) is 6.29. The Morgan fingerprint density at radius 3 is 2.90 bits per heavy atom. The predicted octanol–water partition coefficient (Wildman–Crippen LogP) is 1.94. The first-order valence-electron chi connectivity index (χ1n) is 7.12. The van der Waals surface area contributed by atoms with Gasteiger partial charge in [-0.1, -0.05) is 6.92 Å². The molecule has 2 aromatic rings. The largest absolute Gasteiger partial charge is 0.358 e. The van der Waals surface area contributed by atoms with Crippen LogP contribution in [0.1, 0.15) is 18.2 Å². The highest BCUT2D eigenvalue weighted by Gasteiger charge is 2.29. The van der Waals surface area contributed by atoms with Gasteiger partial charge < -0.3 is 15.5 Å². The fraction of sp³-hybridized carbons (Fsp3) is 0.500. The average molecular weight is 305 g/mol. The van der Waals surface area contributed by atoms with Crippen LogP contribution in [0.3, 0.4) is 0 Å². The van der Waals surface area contributed by atoms with Crippen LogP contribution in [-0.2, 0) is 11.2 Å². The third kappa shape index (κ3) is 2.53. The van der Waals surface area contributed by atoms with Gasteiger partial charge in [0.25, 0.3) is 0 Å². The topological polar surface area (TPSA) is 70.2 Å². The third-order valence-corrected chi connectivity index (χ3v) is 4.93. The summed E-state index contributed by atoms with van der Waals surface area (Å²) in [5, 5.41) is 7.28. The van der Waals surface area contributed by atoms with Crippen LogP contribution in [-0.4, -0.2) is 47.5 Å². The number of nitrogens with one attached hydrogen (secondary N) is 2. The average Bonchev–Trinajstić information content (AvgIpc) is 3.05. The lowest BCUT2D eigenvalue weighted by Gasteiger charge is -2.14. The summed E-state index contributed by atoms with van der Waals surface area (Å²) in [6.45, 7) is 2.91. The quantitative estimate of drug-likeness (QED) is 0.903. The molecule has 0 aromatic carbocycles. The Bertz CT molecular complexity index is 683. The molecule has 0 spiro atoms. The molecule has 1 aliphatic rings. The summed E-state index contributed by atoms with van der Waals surface area (Å²) >= 11 is 1.67. The van der Waals surface area contributed by atoms with Crippen molar-refractivity contribution >= 4 is 39.2 Å². The van der Waals surface area contributed by atoms with Crippen molar-refractivity contribution < 1.29 is 4.79 Å². The SMILES string of the molecule is CCc1cc2c(NC3CCN(C)C3=O)nc(NC)nc2s1. The predicted molar refractivity (Wildman–Crippen MR) is 86.0 cm³/mol. The van der Waals surface area contributed by atoms with E-state index in [-0.39, 0.29) is 11.9 Å². The number of carbonyl (C=O) groups excluding carboxylic acids is 1. The van der Waals surface area contributed by atoms with Gasteiger partial charge in [-0.3, -0.25) is 4.79 Å². The summed E-state index contributed by atoms with van der Waals surface area (Å²) in [4.78, 5) is 25.0. The maximum absolute atomic E-state index is 12.1. The van der Waals surface area contributed by atoms with E-state index in [1.165, 1.54) is 4.88 Å². The minimum Gasteiger partial charge on any atom is -0.358 e. The standard InChI is InChI=1S/C14H19N5OS/c1-4-8-7-9-11(16-10-5-6-19(3)13(10)20)17-14(15-2)18-12(9)21-8/h7,10H,4-6H2,1-3H3,(H2,15,16,17,18). The first-order chi connectivity index (χ1) is 10.1. The number of amides is 1. The van der Waals surface area contributed by atoms with Crippen LogP contribution in [0.2, 0.25) is 0 Å². The molecule has 1 amide bonds. The first-order valence-corrected chi connectivity index (χ1v) is 7.93. The normalized spacial score (nSPS) is 18.5. The van der Waals surface area contributed by atoms with Gasteiger partial charge >= 0.3 is 0 Å². The number of fused-ring (bicyclic) bond motifs is 1. The number of thiophene rings is 1. The first kappa shape index (κ1) is 14.1. The Labute approximate surface area is 127 Å². The summed E-state index contributed by atoms with van der Waals surface area (Å²) in [7, 11) is 3.63. The molecule has 21 heavy (non-hydrogen) atoms. The van der Waals surface area contributed by atoms with E-state index in [1.54, 1.807) is 23.3 Å². The lowest BCUT2D eigenvalue weighted by atomic mass is 10.2. The summed E-state index contributed by atoms with van der Waals surface area (Å²) < 4.78 is 0. The van der Waals surface area contributed by atoms with Crippen molar-refractivity contribution in [3.05, 3.63) is 10.9 Å². The zero-order valence-electron chi connectivity index (χ0n) is 12.4. The molecule has 0 radical (unpaired) electrons. The molecule has 0 saturated carbocycles. The maximum atomic E-state index is 12.1. The highest BCUT2D eigenvalue weighted by atomic mass is 32.1. The molecule has 1 saturated heterocycles. The highest BCUT2D eigenvalue weighted by molar-refractivity contribution is 7.18. The van der Waals surface area contributed by atoms with Gasteiger partial charge in [-0.25, -0.2) is 4.98 Å². The summed E-state index contributed by atoms with van der Waals surface area (Å²) in [5.41, 5.74) is 0. The van der Waals surface area contributed by atoms with Gasteiger partial charge in [-0.15, -0.1) is 11.3 Å². The van der Waals surface area contributed by atoms with E-state index in [2.05, 4.69) is 33.6 Å². The number of nitrogens with zero attached hydrogens (tertiary/aromatic N) is 3. The van der Waals surface area contributed by atoms with Crippen LogP contribution in [0.5, 0.6) is 0 Å². The van der Waals surface area contributed by atoms with Crippen LogP contribution in [0.25, 0.3) is 10.2 Å². The molecule has 112 valence electrons. The van der Waals surface area contributed by atoms with E-state index < -0.39 is 0 Å². The molecule has 1 fully saturated rings. The van der Waals surface area contributed by atoms with E-state index in [0.29, 0.717) is 5.95 Å². The molecule has 7 heteroatoms. The van der Waals surface area contributed by atoms with Crippen molar-refractivity contribution in [2.45, 2.75) is 25.8 Å². The lowest BCUT2D eigenvalue weighted by Crippen LogP contribution is -2.31. The Morgan fingerprint density at radius 2 is 2.29 bits per heavy atom.